The number of nitrogens with zero attached hydrogens (tertiary/aromatic N) is 3. The van der Waals surface area contributed by atoms with Gasteiger partial charge in [0.15, 0.2) is 0 Å². The third kappa shape index (κ3) is 2.94. The maximum Gasteiger partial charge on any atom is 0.354 e. The highest BCUT2D eigenvalue weighted by Gasteiger charge is 2.04. The summed E-state index contributed by atoms with van der Waals surface area (Å²) in [6, 6.07) is 10.9. The summed E-state index contributed by atoms with van der Waals surface area (Å²) in [5.74, 6) is -0.511. The number of pyridine rings is 1. The van der Waals surface area contributed by atoms with Gasteiger partial charge in [-0.05, 0) is 17.7 Å². The van der Waals surface area contributed by atoms with Gasteiger partial charge in [0.2, 0.25) is 5.95 Å². The molecule has 2 heterocycles. The minimum atomic E-state index is -1.03. The molecule has 6 heteroatoms. The molecule has 0 unspecified atom stereocenters. The maximum absolute atomic E-state index is 10.7. The summed E-state index contributed by atoms with van der Waals surface area (Å²) in [7, 11) is 0. The van der Waals surface area contributed by atoms with Gasteiger partial charge in [-0.2, -0.15) is 0 Å². The van der Waals surface area contributed by atoms with Crippen LogP contribution >= 0.6 is 0 Å². The van der Waals surface area contributed by atoms with Crippen LogP contribution in [-0.2, 0) is 6.54 Å². The van der Waals surface area contributed by atoms with Crippen LogP contribution in [0.3, 0.4) is 0 Å². The number of rotatable bonds is 4. The van der Waals surface area contributed by atoms with Crippen LogP contribution in [-0.4, -0.2) is 26.0 Å². The Bertz CT molecular complexity index is 787. The second kappa shape index (κ2) is 5.54. The number of benzene rings is 1. The van der Waals surface area contributed by atoms with Gasteiger partial charge in [0.1, 0.15) is 5.69 Å². The van der Waals surface area contributed by atoms with Gasteiger partial charge in [-0.25, -0.2) is 19.7 Å². The molecular weight excluding hydrogens is 268 g/mol. The third-order valence-electron chi connectivity index (χ3n) is 2.98. The quantitative estimate of drug-likeness (QED) is 0.762. The summed E-state index contributed by atoms with van der Waals surface area (Å²) in [6.07, 6.45) is 3.29. The van der Waals surface area contributed by atoms with Crippen LogP contribution < -0.4 is 5.32 Å². The van der Waals surface area contributed by atoms with E-state index in [-0.39, 0.29) is 5.69 Å². The molecule has 0 amide bonds. The molecule has 3 aromatic rings. The van der Waals surface area contributed by atoms with E-state index in [4.69, 9.17) is 5.11 Å². The van der Waals surface area contributed by atoms with Crippen LogP contribution in [0, 0.1) is 0 Å². The number of aromatic carboxylic acids is 1. The van der Waals surface area contributed by atoms with Gasteiger partial charge in [0, 0.05) is 24.3 Å². The Morgan fingerprint density at radius 3 is 2.71 bits per heavy atom. The molecule has 2 aromatic heterocycles. The average molecular weight is 280 g/mol. The molecule has 0 atom stereocenters. The van der Waals surface area contributed by atoms with Crippen molar-refractivity contribution in [2.24, 2.45) is 0 Å². The van der Waals surface area contributed by atoms with E-state index in [1.807, 2.05) is 24.3 Å². The fourth-order valence-electron chi connectivity index (χ4n) is 1.89. The van der Waals surface area contributed by atoms with Gasteiger partial charge >= 0.3 is 5.97 Å². The molecule has 2 N–H and O–H groups in total. The first-order chi connectivity index (χ1) is 10.2. The number of hydrogen-bond donors (Lipinski definition) is 2. The van der Waals surface area contributed by atoms with Crippen LogP contribution in [0.2, 0.25) is 0 Å². The minimum absolute atomic E-state index is 0.0284. The van der Waals surface area contributed by atoms with Crippen LogP contribution in [0.15, 0.2) is 48.8 Å². The monoisotopic (exact) mass is 280 g/mol. The van der Waals surface area contributed by atoms with Gasteiger partial charge in [-0.3, -0.25) is 0 Å². The van der Waals surface area contributed by atoms with Crippen molar-refractivity contribution in [2.75, 3.05) is 5.32 Å². The van der Waals surface area contributed by atoms with Crippen molar-refractivity contribution in [1.29, 1.82) is 0 Å². The van der Waals surface area contributed by atoms with E-state index in [0.29, 0.717) is 12.5 Å². The molecule has 0 saturated heterocycles. The van der Waals surface area contributed by atoms with E-state index in [9.17, 15) is 4.79 Å². The number of carboxylic acids is 1. The molecule has 0 saturated carbocycles. The molecule has 1 aromatic carbocycles. The molecule has 6 nitrogen and oxygen atoms in total. The predicted octanol–water partition coefficient (Wildman–Crippen LogP) is 2.34. The molecule has 0 aliphatic carbocycles. The Morgan fingerprint density at radius 1 is 1.10 bits per heavy atom. The topological polar surface area (TPSA) is 88.0 Å². The number of para-hydroxylation sites is 1. The predicted molar refractivity (Wildman–Crippen MR) is 78.1 cm³/mol. The highest BCUT2D eigenvalue weighted by atomic mass is 16.4. The molecule has 0 radical (unpaired) electrons. The van der Waals surface area contributed by atoms with Crippen molar-refractivity contribution < 1.29 is 9.90 Å². The van der Waals surface area contributed by atoms with Gasteiger partial charge in [-0.1, -0.05) is 24.3 Å². The number of anilines is 1. The normalized spacial score (nSPS) is 10.5. The molecule has 3 rings (SSSR count). The summed E-state index contributed by atoms with van der Waals surface area (Å²) in [5.41, 5.74) is 1.76. The van der Waals surface area contributed by atoms with Crippen molar-refractivity contribution in [3.8, 4) is 0 Å². The molecule has 104 valence electrons. The van der Waals surface area contributed by atoms with E-state index in [1.54, 1.807) is 12.3 Å². The van der Waals surface area contributed by atoms with Crippen molar-refractivity contribution >= 4 is 22.8 Å². The number of carboxylic acid groups (broad SMARTS) is 1. The zero-order valence-corrected chi connectivity index (χ0v) is 11.0. The number of aromatic nitrogens is 3. The smallest absolute Gasteiger partial charge is 0.354 e. The van der Waals surface area contributed by atoms with Crippen molar-refractivity contribution in [1.82, 2.24) is 15.0 Å². The molecule has 21 heavy (non-hydrogen) atoms. The zero-order valence-electron chi connectivity index (χ0n) is 11.0. The van der Waals surface area contributed by atoms with Crippen LogP contribution in [0.5, 0.6) is 0 Å². The summed E-state index contributed by atoms with van der Waals surface area (Å²) in [4.78, 5) is 23.2. The average Bonchev–Trinajstić information content (AvgIpc) is 2.53. The SMILES string of the molecule is O=C(O)c1ccc(CNc2ncc3ccccc3n2)cn1. The highest BCUT2D eigenvalue weighted by Crippen LogP contribution is 2.12. The number of carbonyl (C=O) groups is 1. The lowest BCUT2D eigenvalue weighted by Crippen LogP contribution is -2.05. The van der Waals surface area contributed by atoms with Crippen LogP contribution in [0.1, 0.15) is 16.1 Å². The van der Waals surface area contributed by atoms with Gasteiger partial charge < -0.3 is 10.4 Å². The van der Waals surface area contributed by atoms with Gasteiger partial charge in [0.25, 0.3) is 0 Å². The highest BCUT2D eigenvalue weighted by molar-refractivity contribution is 5.85. The lowest BCUT2D eigenvalue weighted by molar-refractivity contribution is 0.0690. The van der Waals surface area contributed by atoms with E-state index >= 15 is 0 Å². The summed E-state index contributed by atoms with van der Waals surface area (Å²) in [5, 5.41) is 12.9. The fraction of sp³-hybridized carbons (Fsp3) is 0.0667. The molecule has 0 spiro atoms. The van der Waals surface area contributed by atoms with Gasteiger partial charge in [-0.15, -0.1) is 0 Å². The maximum atomic E-state index is 10.7. The second-order valence-electron chi connectivity index (χ2n) is 4.46. The van der Waals surface area contributed by atoms with Crippen molar-refractivity contribution in [3.63, 3.8) is 0 Å². The molecular formula is C15H12N4O2. The number of hydrogen-bond acceptors (Lipinski definition) is 5. The van der Waals surface area contributed by atoms with Gasteiger partial charge in [0.05, 0.1) is 5.52 Å². The minimum Gasteiger partial charge on any atom is -0.477 e. The van der Waals surface area contributed by atoms with E-state index in [1.165, 1.54) is 12.3 Å². The Hall–Kier alpha value is -3.02. The zero-order chi connectivity index (χ0) is 14.7. The largest absolute Gasteiger partial charge is 0.477 e. The Morgan fingerprint density at radius 2 is 1.95 bits per heavy atom. The van der Waals surface area contributed by atoms with Crippen molar-refractivity contribution in [3.05, 3.63) is 60.0 Å². The van der Waals surface area contributed by atoms with Crippen molar-refractivity contribution in [2.45, 2.75) is 6.54 Å². The third-order valence-corrected chi connectivity index (χ3v) is 2.98. The molecule has 0 aliphatic rings. The Kier molecular flexibility index (Phi) is 3.42. The van der Waals surface area contributed by atoms with Crippen LogP contribution in [0.4, 0.5) is 5.95 Å². The number of fused-ring (bicyclic) bond motifs is 1. The van der Waals surface area contributed by atoms with E-state index in [0.717, 1.165) is 16.5 Å². The standard InChI is InChI=1S/C15H12N4O2/c20-14(21)13-6-5-10(7-16-13)8-17-15-18-9-11-3-1-2-4-12(11)19-15/h1-7,9H,8H2,(H,20,21)(H,17,18,19). The lowest BCUT2D eigenvalue weighted by atomic mass is 10.2. The summed E-state index contributed by atoms with van der Waals surface area (Å²) < 4.78 is 0. The lowest BCUT2D eigenvalue weighted by Gasteiger charge is -2.05. The fourth-order valence-corrected chi connectivity index (χ4v) is 1.89. The molecule has 0 fully saturated rings. The summed E-state index contributed by atoms with van der Waals surface area (Å²) >= 11 is 0. The Balaban J connectivity index is 1.72. The Labute approximate surface area is 120 Å². The summed E-state index contributed by atoms with van der Waals surface area (Å²) in [6.45, 7) is 0.477. The molecule has 0 bridgehead atoms. The second-order valence-corrected chi connectivity index (χ2v) is 4.46. The van der Waals surface area contributed by atoms with E-state index < -0.39 is 5.97 Å². The first-order valence-electron chi connectivity index (χ1n) is 6.36. The first kappa shape index (κ1) is 13.0. The molecule has 0 aliphatic heterocycles. The number of nitrogens with one attached hydrogen (secondary N) is 1. The van der Waals surface area contributed by atoms with E-state index in [2.05, 4.69) is 20.3 Å². The van der Waals surface area contributed by atoms with Crippen LogP contribution in [0.25, 0.3) is 10.9 Å². The first-order valence-corrected chi connectivity index (χ1v) is 6.36.